The molecule has 5 aliphatic rings. The number of allylic oxidation sites excluding steroid dienone is 2. The number of hydrogen-bond acceptors (Lipinski definition) is 0. The highest BCUT2D eigenvalue weighted by molar-refractivity contribution is 5.70. The van der Waals surface area contributed by atoms with Crippen LogP contribution >= 0.6 is 0 Å². The van der Waals surface area contributed by atoms with Gasteiger partial charge in [0.2, 0.25) is 0 Å². The first-order valence-corrected chi connectivity index (χ1v) is 7.88. The topological polar surface area (TPSA) is 0 Å². The number of hydrogen-bond donors (Lipinski definition) is 0. The zero-order chi connectivity index (χ0) is 14.2. The fraction of sp³-hybridized carbons (Fsp3) is 0.238. The van der Waals surface area contributed by atoms with E-state index in [1.54, 1.807) is 5.56 Å². The van der Waals surface area contributed by atoms with Crippen molar-refractivity contribution in [3.8, 4) is 0 Å². The molecule has 0 amide bonds. The first kappa shape index (κ1) is 12.6. The van der Waals surface area contributed by atoms with Gasteiger partial charge < -0.3 is 0 Å². The molecule has 0 spiro atoms. The molecule has 0 aromatic heterocycles. The van der Waals surface area contributed by atoms with E-state index in [0.29, 0.717) is 0 Å². The van der Waals surface area contributed by atoms with Crippen LogP contribution in [0.2, 0.25) is 0 Å². The summed E-state index contributed by atoms with van der Waals surface area (Å²) in [4.78, 5) is 0. The minimum absolute atomic E-state index is 1.07. The zero-order valence-corrected chi connectivity index (χ0v) is 12.4. The van der Waals surface area contributed by atoms with Gasteiger partial charge >= 0.3 is 0 Å². The van der Waals surface area contributed by atoms with E-state index in [0.717, 1.165) is 32.1 Å². The molecular weight excluding hydrogens is 252 g/mol. The summed E-state index contributed by atoms with van der Waals surface area (Å²) in [7, 11) is 0. The van der Waals surface area contributed by atoms with Gasteiger partial charge in [0.05, 0.1) is 0 Å². The van der Waals surface area contributed by atoms with Gasteiger partial charge in [-0.25, -0.2) is 0 Å². The molecule has 2 aromatic carbocycles. The molecular formula is C21H20. The van der Waals surface area contributed by atoms with Gasteiger partial charge in [0.1, 0.15) is 0 Å². The van der Waals surface area contributed by atoms with Crippen molar-refractivity contribution < 1.29 is 0 Å². The first-order chi connectivity index (χ1) is 10.3. The molecule has 0 heterocycles. The summed E-state index contributed by atoms with van der Waals surface area (Å²) in [6.45, 7) is 3.96. The smallest absolute Gasteiger partial charge is 0.00170 e. The maximum atomic E-state index is 3.96. The normalized spacial score (nSPS) is 16.1. The fourth-order valence-corrected chi connectivity index (χ4v) is 3.60. The van der Waals surface area contributed by atoms with Gasteiger partial charge in [-0.15, -0.1) is 0 Å². The van der Waals surface area contributed by atoms with Gasteiger partial charge in [-0.3, -0.25) is 0 Å². The van der Waals surface area contributed by atoms with Crippen molar-refractivity contribution in [1.29, 1.82) is 0 Å². The van der Waals surface area contributed by atoms with Crippen LogP contribution in [0.3, 0.4) is 0 Å². The summed E-state index contributed by atoms with van der Waals surface area (Å²) in [6.07, 6.45) is 9.97. The first-order valence-electron chi connectivity index (χ1n) is 7.88. The number of aryl methyl sites for hydroxylation is 4. The van der Waals surface area contributed by atoms with Crippen LogP contribution in [0, 0.1) is 0 Å². The lowest BCUT2D eigenvalue weighted by Gasteiger charge is -2.15. The summed E-state index contributed by atoms with van der Waals surface area (Å²) in [5, 5.41) is 0. The Kier molecular flexibility index (Phi) is 3.03. The summed E-state index contributed by atoms with van der Waals surface area (Å²) in [5.74, 6) is 0. The van der Waals surface area contributed by atoms with Crippen molar-refractivity contribution >= 4 is 6.08 Å². The molecule has 4 bridgehead atoms. The molecule has 0 unspecified atom stereocenters. The summed E-state index contributed by atoms with van der Waals surface area (Å²) in [6, 6.07) is 13.9. The molecule has 7 rings (SSSR count). The molecule has 0 saturated heterocycles. The Hall–Kier alpha value is -2.08. The Morgan fingerprint density at radius 1 is 0.762 bits per heavy atom. The van der Waals surface area contributed by atoms with Gasteiger partial charge in [-0.2, -0.15) is 0 Å². The minimum atomic E-state index is 1.07. The Labute approximate surface area is 126 Å². The number of rotatable bonds is 1. The highest BCUT2D eigenvalue weighted by Crippen LogP contribution is 2.33. The fourth-order valence-electron chi connectivity index (χ4n) is 3.60. The van der Waals surface area contributed by atoms with Gasteiger partial charge in [0, 0.05) is 0 Å². The van der Waals surface area contributed by atoms with Crippen molar-refractivity contribution in [3.63, 3.8) is 0 Å². The molecule has 0 fully saturated rings. The van der Waals surface area contributed by atoms with Crippen LogP contribution in [0.15, 0.2) is 54.6 Å². The number of benzene rings is 2. The van der Waals surface area contributed by atoms with Crippen molar-refractivity contribution in [1.82, 2.24) is 0 Å². The van der Waals surface area contributed by atoms with Crippen LogP contribution in [0.25, 0.3) is 6.08 Å². The molecule has 0 aliphatic heterocycles. The lowest BCUT2D eigenvalue weighted by atomic mass is 9.90. The van der Waals surface area contributed by atoms with E-state index in [2.05, 4.69) is 49.1 Å². The second kappa shape index (κ2) is 5.04. The van der Waals surface area contributed by atoms with E-state index in [9.17, 15) is 0 Å². The monoisotopic (exact) mass is 272 g/mol. The Balaban J connectivity index is 1.81. The van der Waals surface area contributed by atoms with Crippen molar-refractivity contribution in [2.75, 3.05) is 0 Å². The molecule has 0 heteroatoms. The van der Waals surface area contributed by atoms with Gasteiger partial charge in [-0.1, -0.05) is 55.1 Å². The van der Waals surface area contributed by atoms with Crippen LogP contribution in [0.4, 0.5) is 0 Å². The van der Waals surface area contributed by atoms with Crippen LogP contribution in [-0.2, 0) is 32.1 Å². The molecule has 0 nitrogen and oxygen atoms in total. The zero-order valence-electron chi connectivity index (χ0n) is 12.4. The molecule has 0 atom stereocenters. The average Bonchev–Trinajstić information content (AvgIpc) is 2.94. The maximum absolute atomic E-state index is 3.96. The van der Waals surface area contributed by atoms with Crippen LogP contribution in [-0.4, -0.2) is 0 Å². The standard InChI is InChI=1S/C21H20/c1-2-15-13-20-18-9-7-16-3-4-17(6-5-16)8-10-19(12-11-18)21(20)14-15/h2-6,11-13H,1,7-10,14H2. The third-order valence-electron chi connectivity index (χ3n) is 4.91. The van der Waals surface area contributed by atoms with Crippen LogP contribution in [0.5, 0.6) is 0 Å². The minimum Gasteiger partial charge on any atom is -0.0988 e. The molecule has 2 aromatic rings. The van der Waals surface area contributed by atoms with Gasteiger partial charge in [0.25, 0.3) is 0 Å². The van der Waals surface area contributed by atoms with Crippen molar-refractivity contribution in [2.24, 2.45) is 0 Å². The molecule has 21 heavy (non-hydrogen) atoms. The van der Waals surface area contributed by atoms with E-state index < -0.39 is 0 Å². The Morgan fingerprint density at radius 3 is 2.05 bits per heavy atom. The Bertz CT molecular complexity index is 729. The summed E-state index contributed by atoms with van der Waals surface area (Å²) < 4.78 is 0. The maximum Gasteiger partial charge on any atom is -0.00170 e. The highest BCUT2D eigenvalue weighted by Gasteiger charge is 2.18. The Morgan fingerprint density at radius 2 is 1.38 bits per heavy atom. The molecule has 5 aliphatic carbocycles. The molecule has 0 N–H and O–H groups in total. The van der Waals surface area contributed by atoms with Crippen LogP contribution in [0.1, 0.15) is 33.4 Å². The predicted octanol–water partition coefficient (Wildman–Crippen LogP) is 4.70. The quantitative estimate of drug-likeness (QED) is 0.706. The molecule has 0 radical (unpaired) electrons. The van der Waals surface area contributed by atoms with E-state index in [-0.39, 0.29) is 0 Å². The van der Waals surface area contributed by atoms with E-state index in [1.807, 2.05) is 6.08 Å². The lowest BCUT2D eigenvalue weighted by molar-refractivity contribution is 0.906. The largest absolute Gasteiger partial charge is 0.0988 e. The summed E-state index contributed by atoms with van der Waals surface area (Å²) in [5.41, 5.74) is 10.3. The molecule has 104 valence electrons. The lowest BCUT2D eigenvalue weighted by Crippen LogP contribution is -2.03. The second-order valence-electron chi connectivity index (χ2n) is 6.19. The molecule has 0 saturated carbocycles. The van der Waals surface area contributed by atoms with Gasteiger partial charge in [0.15, 0.2) is 0 Å². The highest BCUT2D eigenvalue weighted by atomic mass is 14.2. The van der Waals surface area contributed by atoms with Gasteiger partial charge in [-0.05, 0) is 71.1 Å². The third kappa shape index (κ3) is 2.25. The third-order valence-corrected chi connectivity index (χ3v) is 4.91. The van der Waals surface area contributed by atoms with E-state index in [1.165, 1.54) is 33.4 Å². The van der Waals surface area contributed by atoms with E-state index >= 15 is 0 Å². The van der Waals surface area contributed by atoms with Crippen LogP contribution < -0.4 is 0 Å². The second-order valence-corrected chi connectivity index (χ2v) is 6.19. The van der Waals surface area contributed by atoms with Crippen molar-refractivity contribution in [2.45, 2.75) is 32.1 Å². The summed E-state index contributed by atoms with van der Waals surface area (Å²) >= 11 is 0. The average molecular weight is 272 g/mol. The van der Waals surface area contributed by atoms with Crippen molar-refractivity contribution in [3.05, 3.63) is 88.0 Å². The van der Waals surface area contributed by atoms with E-state index in [4.69, 9.17) is 0 Å². The SMILES string of the molecule is C=CC1=Cc2c3ccc(c2C1)CCc1ccc(cc1)CC3. The predicted molar refractivity (Wildman–Crippen MR) is 89.6 cm³/mol.